The topological polar surface area (TPSA) is 26.3 Å². The van der Waals surface area contributed by atoms with E-state index in [9.17, 15) is 4.79 Å². The van der Waals surface area contributed by atoms with Crippen molar-refractivity contribution < 1.29 is 9.53 Å². The van der Waals surface area contributed by atoms with Crippen LogP contribution in [0.2, 0.25) is 0 Å². The lowest BCUT2D eigenvalue weighted by atomic mass is 9.98. The van der Waals surface area contributed by atoms with Gasteiger partial charge in [0, 0.05) is 18.6 Å². The molecule has 1 aliphatic heterocycles. The van der Waals surface area contributed by atoms with Crippen molar-refractivity contribution in [2.24, 2.45) is 0 Å². The smallest absolute Gasteiger partial charge is 0.165 e. The van der Waals surface area contributed by atoms with E-state index in [-0.39, 0.29) is 11.9 Å². The van der Waals surface area contributed by atoms with Gasteiger partial charge in [0.15, 0.2) is 5.78 Å². The second-order valence-corrected chi connectivity index (χ2v) is 4.99. The van der Waals surface area contributed by atoms with E-state index in [2.05, 4.69) is 6.07 Å². The van der Waals surface area contributed by atoms with Crippen LogP contribution in [0.25, 0.3) is 0 Å². The highest BCUT2D eigenvalue weighted by molar-refractivity contribution is 5.96. The first kappa shape index (κ1) is 12.3. The number of ketones is 1. The van der Waals surface area contributed by atoms with Crippen LogP contribution in [0.5, 0.6) is 0 Å². The van der Waals surface area contributed by atoms with Gasteiger partial charge in [0.2, 0.25) is 0 Å². The number of aryl methyl sites for hydroxylation is 2. The first-order valence-corrected chi connectivity index (χ1v) is 6.38. The van der Waals surface area contributed by atoms with Crippen molar-refractivity contribution in [2.45, 2.75) is 45.6 Å². The lowest BCUT2D eigenvalue weighted by Crippen LogP contribution is -2.22. The van der Waals surface area contributed by atoms with Crippen LogP contribution in [0, 0.1) is 13.8 Å². The van der Waals surface area contributed by atoms with Gasteiger partial charge in [0.25, 0.3) is 0 Å². The molecule has 92 valence electrons. The molecule has 0 aromatic heterocycles. The van der Waals surface area contributed by atoms with Gasteiger partial charge in [0.05, 0.1) is 6.10 Å². The average molecular weight is 232 g/mol. The summed E-state index contributed by atoms with van der Waals surface area (Å²) in [6, 6.07) is 6.03. The zero-order chi connectivity index (χ0) is 12.3. The molecule has 2 heteroatoms. The van der Waals surface area contributed by atoms with E-state index in [0.717, 1.165) is 36.1 Å². The number of benzene rings is 1. The molecule has 2 nitrogen and oxygen atoms in total. The van der Waals surface area contributed by atoms with Crippen LogP contribution in [0.15, 0.2) is 18.2 Å². The van der Waals surface area contributed by atoms with Crippen LogP contribution >= 0.6 is 0 Å². The largest absolute Gasteiger partial charge is 0.378 e. The van der Waals surface area contributed by atoms with Crippen molar-refractivity contribution in [1.29, 1.82) is 0 Å². The first-order chi connectivity index (χ1) is 8.15. The predicted molar refractivity (Wildman–Crippen MR) is 68.5 cm³/mol. The molecule has 1 fully saturated rings. The summed E-state index contributed by atoms with van der Waals surface area (Å²) in [7, 11) is 0. The minimum atomic E-state index is 0.136. The minimum Gasteiger partial charge on any atom is -0.378 e. The van der Waals surface area contributed by atoms with Crippen molar-refractivity contribution in [3.05, 3.63) is 34.9 Å². The summed E-state index contributed by atoms with van der Waals surface area (Å²) in [5, 5.41) is 0. The zero-order valence-corrected chi connectivity index (χ0v) is 10.7. The molecule has 0 spiro atoms. The minimum absolute atomic E-state index is 0.136. The summed E-state index contributed by atoms with van der Waals surface area (Å²) < 4.78 is 5.61. The molecule has 1 heterocycles. The molecule has 1 aliphatic rings. The third-order valence-corrected chi connectivity index (χ3v) is 3.23. The third-order valence-electron chi connectivity index (χ3n) is 3.23. The highest BCUT2D eigenvalue weighted by atomic mass is 16.5. The molecular formula is C15H20O2. The number of hydrogen-bond donors (Lipinski definition) is 0. The lowest BCUT2D eigenvalue weighted by Gasteiger charge is -2.21. The zero-order valence-electron chi connectivity index (χ0n) is 10.7. The van der Waals surface area contributed by atoms with Gasteiger partial charge >= 0.3 is 0 Å². The quantitative estimate of drug-likeness (QED) is 0.746. The summed E-state index contributed by atoms with van der Waals surface area (Å²) in [6.45, 7) is 4.87. The van der Waals surface area contributed by atoms with Gasteiger partial charge < -0.3 is 4.74 Å². The molecule has 1 atom stereocenters. The Kier molecular flexibility index (Phi) is 3.95. The van der Waals surface area contributed by atoms with E-state index in [1.165, 1.54) is 6.42 Å². The predicted octanol–water partition coefficient (Wildman–Crippen LogP) is 3.45. The summed E-state index contributed by atoms with van der Waals surface area (Å²) in [6.07, 6.45) is 4.01. The fourth-order valence-electron chi connectivity index (χ4n) is 2.43. The molecule has 0 radical (unpaired) electrons. The summed E-state index contributed by atoms with van der Waals surface area (Å²) in [5.41, 5.74) is 3.13. The number of hydrogen-bond acceptors (Lipinski definition) is 2. The SMILES string of the molecule is Cc1cc(C)cc(C(=O)CC2CCCCO2)c1. The molecule has 0 N–H and O–H groups in total. The van der Waals surface area contributed by atoms with Crippen molar-refractivity contribution in [2.75, 3.05) is 6.61 Å². The highest BCUT2D eigenvalue weighted by Gasteiger charge is 2.18. The van der Waals surface area contributed by atoms with Crippen molar-refractivity contribution in [1.82, 2.24) is 0 Å². The molecule has 17 heavy (non-hydrogen) atoms. The average Bonchev–Trinajstić information content (AvgIpc) is 2.29. The van der Waals surface area contributed by atoms with E-state index in [1.807, 2.05) is 26.0 Å². The van der Waals surface area contributed by atoms with Crippen LogP contribution in [0.4, 0.5) is 0 Å². The normalized spacial score (nSPS) is 20.2. The van der Waals surface area contributed by atoms with Crippen molar-refractivity contribution in [3.8, 4) is 0 Å². The van der Waals surface area contributed by atoms with E-state index in [0.29, 0.717) is 6.42 Å². The number of Topliss-reactive ketones (excluding diaryl/α,β-unsaturated/α-hetero) is 1. The number of rotatable bonds is 3. The van der Waals surface area contributed by atoms with Gasteiger partial charge in [0.1, 0.15) is 0 Å². The Morgan fingerprint density at radius 1 is 1.24 bits per heavy atom. The van der Waals surface area contributed by atoms with E-state index >= 15 is 0 Å². The Morgan fingerprint density at radius 2 is 1.94 bits per heavy atom. The number of ether oxygens (including phenoxy) is 1. The molecular weight excluding hydrogens is 212 g/mol. The van der Waals surface area contributed by atoms with Crippen molar-refractivity contribution >= 4 is 5.78 Å². The lowest BCUT2D eigenvalue weighted by molar-refractivity contribution is 0.0129. The monoisotopic (exact) mass is 232 g/mol. The van der Waals surface area contributed by atoms with Crippen molar-refractivity contribution in [3.63, 3.8) is 0 Å². The van der Waals surface area contributed by atoms with Crippen LogP contribution < -0.4 is 0 Å². The maximum atomic E-state index is 12.1. The molecule has 0 aliphatic carbocycles. The Hall–Kier alpha value is -1.15. The Labute approximate surface area is 103 Å². The van der Waals surface area contributed by atoms with Crippen LogP contribution in [-0.4, -0.2) is 18.5 Å². The maximum Gasteiger partial charge on any atom is 0.165 e. The van der Waals surface area contributed by atoms with Gasteiger partial charge in [-0.15, -0.1) is 0 Å². The van der Waals surface area contributed by atoms with Crippen LogP contribution in [-0.2, 0) is 4.74 Å². The molecule has 1 unspecified atom stereocenters. The molecule has 0 saturated carbocycles. The maximum absolute atomic E-state index is 12.1. The second-order valence-electron chi connectivity index (χ2n) is 4.99. The fraction of sp³-hybridized carbons (Fsp3) is 0.533. The summed E-state index contributed by atoms with van der Waals surface area (Å²) >= 11 is 0. The molecule has 1 aromatic carbocycles. The van der Waals surface area contributed by atoms with E-state index < -0.39 is 0 Å². The number of carbonyl (C=O) groups is 1. The fourth-order valence-corrected chi connectivity index (χ4v) is 2.43. The van der Waals surface area contributed by atoms with Gasteiger partial charge in [-0.05, 0) is 45.2 Å². The molecule has 1 saturated heterocycles. The van der Waals surface area contributed by atoms with Gasteiger partial charge in [-0.2, -0.15) is 0 Å². The molecule has 0 amide bonds. The first-order valence-electron chi connectivity index (χ1n) is 6.38. The Morgan fingerprint density at radius 3 is 2.53 bits per heavy atom. The second kappa shape index (κ2) is 5.46. The number of carbonyl (C=O) groups excluding carboxylic acids is 1. The van der Waals surface area contributed by atoms with Gasteiger partial charge in [-0.1, -0.05) is 17.2 Å². The molecule has 1 aromatic rings. The van der Waals surface area contributed by atoms with E-state index in [4.69, 9.17) is 4.74 Å². The van der Waals surface area contributed by atoms with Gasteiger partial charge in [-0.3, -0.25) is 4.79 Å². The Balaban J connectivity index is 2.03. The summed E-state index contributed by atoms with van der Waals surface area (Å²) in [5.74, 6) is 0.212. The van der Waals surface area contributed by atoms with Crippen LogP contribution in [0.1, 0.15) is 47.2 Å². The van der Waals surface area contributed by atoms with E-state index in [1.54, 1.807) is 0 Å². The molecule has 0 bridgehead atoms. The van der Waals surface area contributed by atoms with Crippen LogP contribution in [0.3, 0.4) is 0 Å². The Bertz CT molecular complexity index is 383. The third kappa shape index (κ3) is 3.40. The summed E-state index contributed by atoms with van der Waals surface area (Å²) in [4.78, 5) is 12.1. The van der Waals surface area contributed by atoms with Gasteiger partial charge in [-0.25, -0.2) is 0 Å². The highest BCUT2D eigenvalue weighted by Crippen LogP contribution is 2.19. The standard InChI is InChI=1S/C15H20O2/c1-11-7-12(2)9-13(8-11)15(16)10-14-5-3-4-6-17-14/h7-9,14H,3-6,10H2,1-2H3. The molecule has 2 rings (SSSR count).